The van der Waals surface area contributed by atoms with Gasteiger partial charge < -0.3 is 4.74 Å². The molecule has 0 aliphatic carbocycles. The Morgan fingerprint density at radius 2 is 1.96 bits per heavy atom. The highest BCUT2D eigenvalue weighted by molar-refractivity contribution is 7.89. The van der Waals surface area contributed by atoms with Crippen LogP contribution in [0.15, 0.2) is 35.2 Å². The third-order valence-corrected chi connectivity index (χ3v) is 7.04. The molecule has 1 unspecified atom stereocenters. The topological polar surface area (TPSA) is 49.9 Å². The fraction of sp³-hybridized carbons (Fsp3) is 0.647. The van der Waals surface area contributed by atoms with Crippen molar-refractivity contribution in [1.29, 1.82) is 0 Å². The summed E-state index contributed by atoms with van der Waals surface area (Å²) in [6, 6.07) is 8.72. The van der Waals surface area contributed by atoms with Gasteiger partial charge in [-0.25, -0.2) is 8.42 Å². The van der Waals surface area contributed by atoms with Gasteiger partial charge in [0.1, 0.15) is 0 Å². The van der Waals surface area contributed by atoms with E-state index in [2.05, 4.69) is 11.9 Å². The Morgan fingerprint density at radius 1 is 1.26 bits per heavy atom. The van der Waals surface area contributed by atoms with Crippen molar-refractivity contribution in [2.75, 3.05) is 39.9 Å². The van der Waals surface area contributed by atoms with Crippen molar-refractivity contribution in [1.82, 2.24) is 9.21 Å². The van der Waals surface area contributed by atoms with Gasteiger partial charge in [0, 0.05) is 31.8 Å². The molecule has 2 aliphatic heterocycles. The first kappa shape index (κ1) is 16.9. The molecular formula is C17H26N2O3S. The Bertz CT molecular complexity index is 624. The molecule has 2 aliphatic rings. The number of hydrogen-bond donors (Lipinski definition) is 0. The van der Waals surface area contributed by atoms with Gasteiger partial charge in [0.25, 0.3) is 0 Å². The lowest BCUT2D eigenvalue weighted by Gasteiger charge is -2.57. The predicted molar refractivity (Wildman–Crippen MR) is 89.8 cm³/mol. The molecule has 2 saturated heterocycles. The van der Waals surface area contributed by atoms with Crippen LogP contribution >= 0.6 is 0 Å². The minimum Gasteiger partial charge on any atom is -0.381 e. The maximum Gasteiger partial charge on any atom is 0.243 e. The number of likely N-dealkylation sites (N-methyl/N-ethyl adjacent to an activating group) is 1. The van der Waals surface area contributed by atoms with Crippen molar-refractivity contribution in [3.63, 3.8) is 0 Å². The van der Waals surface area contributed by atoms with E-state index < -0.39 is 10.0 Å². The van der Waals surface area contributed by atoms with Gasteiger partial charge in [0.2, 0.25) is 10.0 Å². The minimum absolute atomic E-state index is 0.0120. The Balaban J connectivity index is 1.68. The van der Waals surface area contributed by atoms with E-state index in [1.54, 1.807) is 28.6 Å². The maximum atomic E-state index is 12.7. The number of ether oxygens (including phenoxy) is 1. The Kier molecular flexibility index (Phi) is 4.78. The molecule has 0 N–H and O–H groups in total. The van der Waals surface area contributed by atoms with Gasteiger partial charge in [-0.05, 0) is 51.4 Å². The van der Waals surface area contributed by atoms with Crippen LogP contribution in [0.2, 0.25) is 0 Å². The summed E-state index contributed by atoms with van der Waals surface area (Å²) in [5.41, 5.74) is -0.0120. The summed E-state index contributed by atoms with van der Waals surface area (Å²) in [5, 5.41) is 0. The largest absolute Gasteiger partial charge is 0.381 e. The first-order chi connectivity index (χ1) is 11.0. The monoisotopic (exact) mass is 338 g/mol. The molecule has 0 aromatic heterocycles. The Morgan fingerprint density at radius 3 is 2.61 bits per heavy atom. The van der Waals surface area contributed by atoms with Crippen molar-refractivity contribution in [3.05, 3.63) is 30.3 Å². The molecule has 2 fully saturated rings. The number of piperidine rings is 1. The average molecular weight is 338 g/mol. The maximum absolute atomic E-state index is 12.7. The van der Waals surface area contributed by atoms with Crippen LogP contribution in [-0.2, 0) is 14.8 Å². The molecule has 0 radical (unpaired) electrons. The molecule has 2 heterocycles. The second-order valence-electron chi connectivity index (χ2n) is 6.75. The normalized spacial score (nSPS) is 25.4. The van der Waals surface area contributed by atoms with E-state index in [-0.39, 0.29) is 5.54 Å². The molecule has 0 saturated carbocycles. The van der Waals surface area contributed by atoms with Crippen LogP contribution < -0.4 is 0 Å². The SMILES string of the molecule is CCOCC1CCN(C)C2(C1)CN(S(=O)(=O)c1ccccc1)C2. The van der Waals surface area contributed by atoms with E-state index in [1.807, 2.05) is 13.0 Å². The molecular weight excluding hydrogens is 312 g/mol. The number of likely N-dealkylation sites (tertiary alicyclic amines) is 1. The van der Waals surface area contributed by atoms with E-state index in [9.17, 15) is 8.42 Å². The molecule has 1 aromatic carbocycles. The molecule has 1 aromatic rings. The number of sulfonamides is 1. The molecule has 1 spiro atoms. The Hall–Kier alpha value is -0.950. The highest BCUT2D eigenvalue weighted by atomic mass is 32.2. The van der Waals surface area contributed by atoms with Crippen LogP contribution in [0.1, 0.15) is 19.8 Å². The van der Waals surface area contributed by atoms with Crippen LogP contribution in [0.4, 0.5) is 0 Å². The van der Waals surface area contributed by atoms with Crippen LogP contribution in [0.25, 0.3) is 0 Å². The van der Waals surface area contributed by atoms with Crippen LogP contribution in [-0.4, -0.2) is 63.1 Å². The van der Waals surface area contributed by atoms with Crippen molar-refractivity contribution in [3.8, 4) is 0 Å². The molecule has 6 heteroatoms. The quantitative estimate of drug-likeness (QED) is 0.822. The number of hydrogen-bond acceptors (Lipinski definition) is 4. The molecule has 1 atom stereocenters. The Labute approximate surface area is 139 Å². The first-order valence-electron chi connectivity index (χ1n) is 8.32. The molecule has 23 heavy (non-hydrogen) atoms. The van der Waals surface area contributed by atoms with Gasteiger partial charge in [-0.3, -0.25) is 4.90 Å². The molecule has 128 valence electrons. The third-order valence-electron chi connectivity index (χ3n) is 5.23. The fourth-order valence-electron chi connectivity index (χ4n) is 3.73. The number of benzene rings is 1. The first-order valence-corrected chi connectivity index (χ1v) is 9.76. The highest BCUT2D eigenvalue weighted by Gasteiger charge is 2.53. The van der Waals surface area contributed by atoms with Gasteiger partial charge in [-0.15, -0.1) is 0 Å². The van der Waals surface area contributed by atoms with Crippen molar-refractivity contribution in [2.24, 2.45) is 5.92 Å². The van der Waals surface area contributed by atoms with E-state index in [1.165, 1.54) is 0 Å². The molecule has 0 amide bonds. The lowest BCUT2D eigenvalue weighted by Crippen LogP contribution is -2.72. The van der Waals surface area contributed by atoms with Gasteiger partial charge in [-0.1, -0.05) is 18.2 Å². The van der Waals surface area contributed by atoms with Crippen molar-refractivity contribution < 1.29 is 13.2 Å². The summed E-state index contributed by atoms with van der Waals surface area (Å²) in [7, 11) is -1.25. The average Bonchev–Trinajstić information content (AvgIpc) is 2.52. The molecule has 3 rings (SSSR count). The summed E-state index contributed by atoms with van der Waals surface area (Å²) in [6.45, 7) is 5.73. The summed E-state index contributed by atoms with van der Waals surface area (Å²) >= 11 is 0. The zero-order valence-electron chi connectivity index (χ0n) is 13.9. The summed E-state index contributed by atoms with van der Waals surface area (Å²) in [4.78, 5) is 2.73. The predicted octanol–water partition coefficient (Wildman–Crippen LogP) is 1.81. The van der Waals surface area contributed by atoms with E-state index >= 15 is 0 Å². The lowest BCUT2D eigenvalue weighted by atomic mass is 9.77. The standard InChI is InChI=1S/C17H26N2O3S/c1-3-22-12-15-9-10-18(2)17(11-15)13-19(14-17)23(20,21)16-7-5-4-6-8-16/h4-8,15H,3,9-14H2,1-2H3. The summed E-state index contributed by atoms with van der Waals surface area (Å²) < 4.78 is 32.6. The molecule has 5 nitrogen and oxygen atoms in total. The summed E-state index contributed by atoms with van der Waals surface area (Å²) in [5.74, 6) is 0.535. The van der Waals surface area contributed by atoms with Crippen molar-refractivity contribution >= 4 is 10.0 Å². The zero-order valence-corrected chi connectivity index (χ0v) is 14.8. The van der Waals surface area contributed by atoms with Crippen LogP contribution in [0, 0.1) is 5.92 Å². The second kappa shape index (κ2) is 6.51. The summed E-state index contributed by atoms with van der Waals surface area (Å²) in [6.07, 6.45) is 2.15. The van der Waals surface area contributed by atoms with E-state index in [4.69, 9.17) is 4.74 Å². The van der Waals surface area contributed by atoms with Gasteiger partial charge in [-0.2, -0.15) is 4.31 Å². The minimum atomic E-state index is -3.36. The molecule has 0 bridgehead atoms. The van der Waals surface area contributed by atoms with E-state index in [0.29, 0.717) is 23.9 Å². The van der Waals surface area contributed by atoms with E-state index in [0.717, 1.165) is 32.6 Å². The van der Waals surface area contributed by atoms with Gasteiger partial charge in [0.05, 0.1) is 4.90 Å². The lowest BCUT2D eigenvalue weighted by molar-refractivity contribution is -0.0576. The third kappa shape index (κ3) is 3.18. The van der Waals surface area contributed by atoms with Crippen LogP contribution in [0.3, 0.4) is 0 Å². The zero-order chi connectivity index (χ0) is 16.5. The van der Waals surface area contributed by atoms with Gasteiger partial charge in [0.15, 0.2) is 0 Å². The second-order valence-corrected chi connectivity index (χ2v) is 8.69. The fourth-order valence-corrected chi connectivity index (χ4v) is 5.35. The van der Waals surface area contributed by atoms with Crippen molar-refractivity contribution in [2.45, 2.75) is 30.2 Å². The highest BCUT2D eigenvalue weighted by Crippen LogP contribution is 2.40. The van der Waals surface area contributed by atoms with Gasteiger partial charge >= 0.3 is 0 Å². The van der Waals surface area contributed by atoms with Crippen LogP contribution in [0.5, 0.6) is 0 Å². The smallest absolute Gasteiger partial charge is 0.243 e. The number of rotatable bonds is 5. The number of nitrogens with zero attached hydrogens (tertiary/aromatic N) is 2.